The van der Waals surface area contributed by atoms with Crippen LogP contribution in [0.2, 0.25) is 0 Å². The minimum atomic E-state index is -0.0736. The molecular formula is C20H18N4O2S. The zero-order valence-electron chi connectivity index (χ0n) is 15.0. The van der Waals surface area contributed by atoms with Crippen LogP contribution in [0.3, 0.4) is 0 Å². The van der Waals surface area contributed by atoms with Crippen LogP contribution in [-0.2, 0) is 19.3 Å². The van der Waals surface area contributed by atoms with Gasteiger partial charge in [0.05, 0.1) is 27.6 Å². The molecule has 0 radical (unpaired) electrons. The lowest BCUT2D eigenvalue weighted by Gasteiger charge is -2.12. The molecule has 6 nitrogen and oxygen atoms in total. The predicted molar refractivity (Wildman–Crippen MR) is 108 cm³/mol. The second-order valence-corrected chi connectivity index (χ2v) is 7.10. The Bertz CT molecular complexity index is 1280. The SMILES string of the molecule is CCn1c(SCc2nc3ccccc3c(=O)n2C)nc2ccccc2c1=O. The number of para-hydroxylation sites is 2. The van der Waals surface area contributed by atoms with Crippen LogP contribution in [0.1, 0.15) is 12.7 Å². The fraction of sp³-hybridized carbons (Fsp3) is 0.200. The molecule has 0 saturated carbocycles. The molecule has 0 N–H and O–H groups in total. The fourth-order valence-corrected chi connectivity index (χ4v) is 4.11. The maximum Gasteiger partial charge on any atom is 0.262 e. The largest absolute Gasteiger partial charge is 0.299 e. The van der Waals surface area contributed by atoms with Crippen molar-refractivity contribution in [2.75, 3.05) is 0 Å². The molecule has 0 amide bonds. The lowest BCUT2D eigenvalue weighted by atomic mass is 10.2. The van der Waals surface area contributed by atoms with E-state index in [0.717, 1.165) is 0 Å². The molecule has 7 heteroatoms. The number of thioether (sulfide) groups is 1. The summed E-state index contributed by atoms with van der Waals surface area (Å²) in [6.07, 6.45) is 0. The first-order valence-corrected chi connectivity index (χ1v) is 9.65. The third-order valence-corrected chi connectivity index (χ3v) is 5.52. The van der Waals surface area contributed by atoms with Crippen molar-refractivity contribution in [2.45, 2.75) is 24.4 Å². The van der Waals surface area contributed by atoms with Gasteiger partial charge in [-0.2, -0.15) is 0 Å². The molecule has 0 atom stereocenters. The quantitative estimate of drug-likeness (QED) is 0.403. The zero-order valence-corrected chi connectivity index (χ0v) is 15.9. The van der Waals surface area contributed by atoms with E-state index in [4.69, 9.17) is 0 Å². The van der Waals surface area contributed by atoms with Crippen molar-refractivity contribution in [3.8, 4) is 0 Å². The molecule has 2 aromatic carbocycles. The molecule has 27 heavy (non-hydrogen) atoms. The van der Waals surface area contributed by atoms with Gasteiger partial charge in [-0.25, -0.2) is 9.97 Å². The van der Waals surface area contributed by atoms with Gasteiger partial charge < -0.3 is 0 Å². The molecule has 0 spiro atoms. The minimum absolute atomic E-state index is 0.0500. The Labute approximate surface area is 159 Å². The average molecular weight is 378 g/mol. The number of fused-ring (bicyclic) bond motifs is 2. The fourth-order valence-electron chi connectivity index (χ4n) is 3.06. The molecule has 0 bridgehead atoms. The number of rotatable bonds is 4. The molecule has 4 aromatic rings. The maximum atomic E-state index is 12.7. The van der Waals surface area contributed by atoms with Gasteiger partial charge in [-0.3, -0.25) is 18.7 Å². The van der Waals surface area contributed by atoms with Crippen LogP contribution >= 0.6 is 11.8 Å². The van der Waals surface area contributed by atoms with Crippen molar-refractivity contribution in [3.63, 3.8) is 0 Å². The number of hydrogen-bond donors (Lipinski definition) is 0. The molecule has 4 rings (SSSR count). The number of hydrogen-bond acceptors (Lipinski definition) is 5. The Hall–Kier alpha value is -2.93. The van der Waals surface area contributed by atoms with Crippen LogP contribution in [0, 0.1) is 0 Å². The van der Waals surface area contributed by atoms with Crippen molar-refractivity contribution >= 4 is 33.6 Å². The summed E-state index contributed by atoms with van der Waals surface area (Å²) in [5.41, 5.74) is 1.23. The van der Waals surface area contributed by atoms with E-state index in [9.17, 15) is 9.59 Å². The Morgan fingerprint density at radius 2 is 1.48 bits per heavy atom. The standard InChI is InChI=1S/C20H18N4O2S/c1-3-24-19(26)14-9-5-7-11-16(14)22-20(24)27-12-17-21-15-10-6-4-8-13(15)18(25)23(17)2/h4-11H,3,12H2,1-2H3. The highest BCUT2D eigenvalue weighted by atomic mass is 32.2. The Balaban J connectivity index is 1.76. The molecular weight excluding hydrogens is 360 g/mol. The van der Waals surface area contributed by atoms with Crippen LogP contribution in [0.15, 0.2) is 63.3 Å². The summed E-state index contributed by atoms with van der Waals surface area (Å²) < 4.78 is 3.22. The van der Waals surface area contributed by atoms with E-state index in [1.165, 1.54) is 11.8 Å². The van der Waals surface area contributed by atoms with Crippen molar-refractivity contribution in [1.82, 2.24) is 19.1 Å². The summed E-state index contributed by atoms with van der Waals surface area (Å²) in [5.74, 6) is 1.09. The van der Waals surface area contributed by atoms with Crippen LogP contribution in [0.4, 0.5) is 0 Å². The summed E-state index contributed by atoms with van der Waals surface area (Å²) in [6, 6.07) is 14.7. The smallest absolute Gasteiger partial charge is 0.262 e. The van der Waals surface area contributed by atoms with Crippen LogP contribution in [0.5, 0.6) is 0 Å². The maximum absolute atomic E-state index is 12.7. The third kappa shape index (κ3) is 3.04. The Morgan fingerprint density at radius 1 is 0.889 bits per heavy atom. The summed E-state index contributed by atoms with van der Waals surface area (Å²) in [4.78, 5) is 34.5. The molecule has 0 aliphatic rings. The summed E-state index contributed by atoms with van der Waals surface area (Å²) in [6.45, 7) is 2.45. The molecule has 2 aromatic heterocycles. The number of benzene rings is 2. The zero-order chi connectivity index (χ0) is 19.0. The highest BCUT2D eigenvalue weighted by molar-refractivity contribution is 7.98. The molecule has 0 fully saturated rings. The Kier molecular flexibility index (Phi) is 4.53. The van der Waals surface area contributed by atoms with Crippen molar-refractivity contribution in [1.29, 1.82) is 0 Å². The number of aromatic nitrogens is 4. The molecule has 0 unspecified atom stereocenters. The molecule has 136 valence electrons. The topological polar surface area (TPSA) is 69.8 Å². The third-order valence-electron chi connectivity index (χ3n) is 4.55. The highest BCUT2D eigenvalue weighted by Gasteiger charge is 2.13. The Morgan fingerprint density at radius 3 is 2.15 bits per heavy atom. The first-order valence-electron chi connectivity index (χ1n) is 8.67. The first kappa shape index (κ1) is 17.5. The minimum Gasteiger partial charge on any atom is -0.299 e. The predicted octanol–water partition coefficient (Wildman–Crippen LogP) is 2.96. The van der Waals surface area contributed by atoms with Gasteiger partial charge in [0.2, 0.25) is 0 Å². The van der Waals surface area contributed by atoms with Gasteiger partial charge in [-0.05, 0) is 31.2 Å². The van der Waals surface area contributed by atoms with E-state index in [1.807, 2.05) is 43.3 Å². The van der Waals surface area contributed by atoms with E-state index in [0.29, 0.717) is 45.1 Å². The first-order chi connectivity index (χ1) is 13.1. The van der Waals surface area contributed by atoms with Crippen molar-refractivity contribution in [3.05, 3.63) is 75.1 Å². The molecule has 0 saturated heterocycles. The van der Waals surface area contributed by atoms with Crippen molar-refractivity contribution < 1.29 is 0 Å². The van der Waals surface area contributed by atoms with Gasteiger partial charge in [0.15, 0.2) is 5.16 Å². The van der Waals surface area contributed by atoms with E-state index < -0.39 is 0 Å². The lowest BCUT2D eigenvalue weighted by Crippen LogP contribution is -2.23. The lowest BCUT2D eigenvalue weighted by molar-refractivity contribution is 0.634. The highest BCUT2D eigenvalue weighted by Crippen LogP contribution is 2.21. The van der Waals surface area contributed by atoms with Gasteiger partial charge in [-0.15, -0.1) is 0 Å². The van der Waals surface area contributed by atoms with E-state index in [2.05, 4.69) is 9.97 Å². The molecule has 0 aliphatic carbocycles. The van der Waals surface area contributed by atoms with Gasteiger partial charge in [0.1, 0.15) is 5.82 Å². The van der Waals surface area contributed by atoms with Crippen molar-refractivity contribution in [2.24, 2.45) is 7.05 Å². The normalized spacial score (nSPS) is 11.3. The van der Waals surface area contributed by atoms with Crippen LogP contribution < -0.4 is 11.1 Å². The summed E-state index contributed by atoms with van der Waals surface area (Å²) in [5, 5.41) is 1.84. The van der Waals surface area contributed by atoms with Crippen LogP contribution in [-0.4, -0.2) is 19.1 Å². The van der Waals surface area contributed by atoms with E-state index >= 15 is 0 Å². The summed E-state index contributed by atoms with van der Waals surface area (Å²) >= 11 is 1.41. The monoisotopic (exact) mass is 378 g/mol. The van der Waals surface area contributed by atoms with Crippen LogP contribution in [0.25, 0.3) is 21.8 Å². The number of nitrogens with zero attached hydrogens (tertiary/aromatic N) is 4. The van der Waals surface area contributed by atoms with Gasteiger partial charge in [0, 0.05) is 13.6 Å². The molecule has 2 heterocycles. The van der Waals surface area contributed by atoms with E-state index in [-0.39, 0.29) is 11.1 Å². The second-order valence-electron chi connectivity index (χ2n) is 6.16. The molecule has 0 aliphatic heterocycles. The summed E-state index contributed by atoms with van der Waals surface area (Å²) in [7, 11) is 1.72. The van der Waals surface area contributed by atoms with Gasteiger partial charge in [-0.1, -0.05) is 36.0 Å². The van der Waals surface area contributed by atoms with Gasteiger partial charge in [0.25, 0.3) is 11.1 Å². The van der Waals surface area contributed by atoms with Gasteiger partial charge >= 0.3 is 0 Å². The second kappa shape index (κ2) is 7.00. The van der Waals surface area contributed by atoms with E-state index in [1.54, 1.807) is 28.3 Å². The average Bonchev–Trinajstić information content (AvgIpc) is 2.70.